The van der Waals surface area contributed by atoms with Crippen LogP contribution in [0.15, 0.2) is 39.9 Å². The minimum absolute atomic E-state index is 0.0544. The molecule has 2 atom stereocenters. The van der Waals surface area contributed by atoms with Crippen LogP contribution in [0.5, 0.6) is 0 Å². The molecule has 1 aliphatic carbocycles. The van der Waals surface area contributed by atoms with Crippen LogP contribution in [0.3, 0.4) is 0 Å². The van der Waals surface area contributed by atoms with Crippen LogP contribution in [0, 0.1) is 5.92 Å². The predicted molar refractivity (Wildman–Crippen MR) is 124 cm³/mol. The number of allylic oxidation sites excluding steroid dienone is 3. The largest absolute Gasteiger partial charge is 0.497 e. The number of piperazine rings is 1. The number of nitrogens with zero attached hydrogens (tertiary/aromatic N) is 3. The second kappa shape index (κ2) is 9.04. The van der Waals surface area contributed by atoms with Crippen LogP contribution < -0.4 is 11.3 Å². The summed E-state index contributed by atoms with van der Waals surface area (Å²) in [5.74, 6) is -2.23. The molecule has 0 radical (unpaired) electrons. The van der Waals surface area contributed by atoms with Gasteiger partial charge in [0.05, 0.1) is 24.5 Å². The molecule has 1 aliphatic heterocycles. The molecule has 180 valence electrons. The molecule has 1 saturated carbocycles. The third kappa shape index (κ3) is 4.76. The fourth-order valence-electron chi connectivity index (χ4n) is 4.44. The smallest absolute Gasteiger partial charge is 0.261 e. The maximum absolute atomic E-state index is 13.2. The van der Waals surface area contributed by atoms with Gasteiger partial charge in [0.1, 0.15) is 17.1 Å². The highest BCUT2D eigenvalue weighted by atomic mass is 19.3. The van der Waals surface area contributed by atoms with Crippen LogP contribution in [-0.4, -0.2) is 59.2 Å². The van der Waals surface area contributed by atoms with Crippen LogP contribution in [-0.2, 0) is 18.3 Å². The molecule has 33 heavy (non-hydrogen) atoms. The normalized spacial score (nSPS) is 24.1. The first-order chi connectivity index (χ1) is 15.6. The number of rotatable bonds is 8. The van der Waals surface area contributed by atoms with Crippen molar-refractivity contribution >= 4 is 16.5 Å². The molecule has 9 heteroatoms. The molecule has 1 saturated heterocycles. The summed E-state index contributed by atoms with van der Waals surface area (Å²) in [6.45, 7) is 11.4. The van der Waals surface area contributed by atoms with Crippen LogP contribution in [0.1, 0.15) is 31.6 Å². The predicted octanol–water partition coefficient (Wildman–Crippen LogP) is 3.14. The van der Waals surface area contributed by atoms with Crippen LogP contribution in [0.4, 0.5) is 8.78 Å². The molecular weight excluding hydrogens is 430 g/mol. The van der Waals surface area contributed by atoms with Gasteiger partial charge in [-0.25, -0.2) is 8.78 Å². The van der Waals surface area contributed by atoms with Crippen LogP contribution in [0.25, 0.3) is 16.5 Å². The van der Waals surface area contributed by atoms with E-state index in [1.54, 1.807) is 32.3 Å². The Balaban J connectivity index is 1.64. The average molecular weight is 463 g/mol. The van der Waals surface area contributed by atoms with Gasteiger partial charge in [0.2, 0.25) is 0 Å². The van der Waals surface area contributed by atoms with E-state index in [9.17, 15) is 13.6 Å². The summed E-state index contributed by atoms with van der Waals surface area (Å²) in [5.41, 5.74) is 7.33. The first-order valence-corrected chi connectivity index (χ1v) is 11.3. The molecule has 2 aromatic rings. The number of halogens is 2. The molecule has 0 aromatic carbocycles. The van der Waals surface area contributed by atoms with Crippen molar-refractivity contribution in [3.8, 4) is 0 Å². The maximum Gasteiger partial charge on any atom is 0.261 e. The molecule has 3 heterocycles. The summed E-state index contributed by atoms with van der Waals surface area (Å²) >= 11 is 0. The Bertz CT molecular complexity index is 1140. The molecule has 2 fully saturated rings. The standard InChI is InChI=1S/C24H32F2N4O3/c1-5-19(16(3)32-13-17-9-24(17,25)26)21-12-28(4)23(31)20-8-18(33-22(20)21)11-30-7-6-29(14-27)10-15(30)2/h5,8,12,15,17H,1,6-7,9-11,13-14,27H2,2-4H3/b19-16-/t15-,17?/m1/s1. The van der Waals surface area contributed by atoms with E-state index in [0.29, 0.717) is 52.9 Å². The lowest BCUT2D eigenvalue weighted by molar-refractivity contribution is 0.0742. The molecule has 0 spiro atoms. The van der Waals surface area contributed by atoms with Crippen LogP contribution >= 0.6 is 0 Å². The fourth-order valence-corrected chi connectivity index (χ4v) is 4.44. The summed E-state index contributed by atoms with van der Waals surface area (Å²) in [6, 6.07) is 2.10. The Morgan fingerprint density at radius 2 is 2.15 bits per heavy atom. The highest BCUT2D eigenvalue weighted by Crippen LogP contribution is 2.49. The number of aromatic nitrogens is 1. The number of hydrogen-bond donors (Lipinski definition) is 1. The molecule has 0 amide bonds. The minimum atomic E-state index is -2.64. The van der Waals surface area contributed by atoms with Crippen molar-refractivity contribution in [1.82, 2.24) is 14.4 Å². The monoisotopic (exact) mass is 462 g/mol. The second-order valence-corrected chi connectivity index (χ2v) is 9.14. The van der Waals surface area contributed by atoms with Crippen molar-refractivity contribution in [2.45, 2.75) is 38.8 Å². The number of alkyl halides is 2. The molecule has 2 aliphatic rings. The Morgan fingerprint density at radius 3 is 2.76 bits per heavy atom. The van der Waals surface area contributed by atoms with Crippen LogP contribution in [0.2, 0.25) is 0 Å². The first-order valence-electron chi connectivity index (χ1n) is 11.3. The van der Waals surface area contributed by atoms with Crippen molar-refractivity contribution in [2.24, 2.45) is 18.7 Å². The maximum atomic E-state index is 13.2. The zero-order valence-corrected chi connectivity index (χ0v) is 19.4. The molecule has 2 aromatic heterocycles. The highest BCUT2D eigenvalue weighted by Gasteiger charge is 2.57. The minimum Gasteiger partial charge on any atom is -0.497 e. The van der Waals surface area contributed by atoms with Crippen molar-refractivity contribution in [2.75, 3.05) is 32.9 Å². The van der Waals surface area contributed by atoms with Gasteiger partial charge in [-0.2, -0.15) is 0 Å². The highest BCUT2D eigenvalue weighted by molar-refractivity contribution is 5.92. The number of ether oxygens (including phenoxy) is 1. The van der Waals surface area contributed by atoms with Gasteiger partial charge in [-0.15, -0.1) is 0 Å². The molecule has 1 unspecified atom stereocenters. The number of hydrogen-bond acceptors (Lipinski definition) is 6. The first kappa shape index (κ1) is 23.7. The second-order valence-electron chi connectivity index (χ2n) is 9.14. The van der Waals surface area contributed by atoms with Gasteiger partial charge in [0.15, 0.2) is 0 Å². The van der Waals surface area contributed by atoms with E-state index < -0.39 is 11.8 Å². The van der Waals surface area contributed by atoms with Gasteiger partial charge < -0.3 is 19.5 Å². The lowest BCUT2D eigenvalue weighted by atomic mass is 10.0. The Labute approximate surface area is 192 Å². The van der Waals surface area contributed by atoms with E-state index in [4.69, 9.17) is 14.9 Å². The zero-order valence-electron chi connectivity index (χ0n) is 19.4. The Morgan fingerprint density at radius 1 is 1.42 bits per heavy atom. The summed E-state index contributed by atoms with van der Waals surface area (Å²) in [4.78, 5) is 17.3. The van der Waals surface area contributed by atoms with E-state index in [2.05, 4.69) is 23.3 Å². The lowest BCUT2D eigenvalue weighted by Crippen LogP contribution is -2.52. The Kier molecular flexibility index (Phi) is 6.48. The van der Waals surface area contributed by atoms with Gasteiger partial charge in [-0.3, -0.25) is 14.6 Å². The SMILES string of the molecule is C=C/C(=C(\C)OCC1CC1(F)F)c1cn(C)c(=O)c2cc(CN3CCN(CN)C[C@H]3C)oc12. The lowest BCUT2D eigenvalue weighted by Gasteiger charge is -2.38. The van der Waals surface area contributed by atoms with Gasteiger partial charge in [0, 0.05) is 63.1 Å². The van der Waals surface area contributed by atoms with E-state index in [0.717, 1.165) is 19.6 Å². The molecule has 2 N–H and O–H groups in total. The van der Waals surface area contributed by atoms with Gasteiger partial charge >= 0.3 is 0 Å². The third-order valence-electron chi connectivity index (χ3n) is 6.70. The summed E-state index contributed by atoms with van der Waals surface area (Å²) in [7, 11) is 1.67. The van der Waals surface area contributed by atoms with E-state index >= 15 is 0 Å². The van der Waals surface area contributed by atoms with Crippen molar-refractivity contribution in [1.29, 1.82) is 0 Å². The number of aryl methyl sites for hydroxylation is 1. The summed E-state index contributed by atoms with van der Waals surface area (Å²) in [6.07, 6.45) is 3.14. The van der Waals surface area contributed by atoms with Gasteiger partial charge in [-0.1, -0.05) is 12.7 Å². The number of pyridine rings is 1. The van der Waals surface area contributed by atoms with E-state index in [-0.39, 0.29) is 18.6 Å². The van der Waals surface area contributed by atoms with E-state index in [1.165, 1.54) is 4.57 Å². The summed E-state index contributed by atoms with van der Waals surface area (Å²) in [5, 5.41) is 0.471. The number of fused-ring (bicyclic) bond motifs is 1. The van der Waals surface area contributed by atoms with Gasteiger partial charge in [-0.05, 0) is 19.9 Å². The topological polar surface area (TPSA) is 76.9 Å². The number of furan rings is 1. The molecule has 4 rings (SSSR count). The average Bonchev–Trinajstić information content (AvgIpc) is 3.17. The Hall–Kier alpha value is -2.49. The fraction of sp³-hybridized carbons (Fsp3) is 0.542. The third-order valence-corrected chi connectivity index (χ3v) is 6.70. The molecule has 0 bridgehead atoms. The summed E-state index contributed by atoms with van der Waals surface area (Å²) < 4.78 is 39.8. The van der Waals surface area contributed by atoms with E-state index in [1.807, 2.05) is 0 Å². The molecule has 7 nitrogen and oxygen atoms in total. The van der Waals surface area contributed by atoms with Crippen molar-refractivity contribution in [3.05, 3.63) is 52.4 Å². The molecular formula is C24H32F2N4O3. The van der Waals surface area contributed by atoms with Crippen molar-refractivity contribution < 1.29 is 17.9 Å². The quantitative estimate of drug-likeness (QED) is 0.480. The number of nitrogens with two attached hydrogens (primary N) is 1. The zero-order chi connectivity index (χ0) is 23.9. The van der Waals surface area contributed by atoms with Gasteiger partial charge in [0.25, 0.3) is 11.5 Å². The van der Waals surface area contributed by atoms with Crippen molar-refractivity contribution in [3.63, 3.8) is 0 Å².